The standard InChI is InChI=1S/C20H20N2O5S/c1-12-4-6-14(7-5-12)15(23)10-22-11-21-18-16(19(22)24)13(2)17(28-18)20(25)27-9-8-26-3/h4-7,11H,8-10H2,1-3H3. The molecule has 7 nitrogen and oxygen atoms in total. The molecule has 0 amide bonds. The first-order valence-electron chi connectivity index (χ1n) is 8.67. The molecule has 0 fully saturated rings. The smallest absolute Gasteiger partial charge is 0.348 e. The number of carbonyl (C=O) groups is 2. The van der Waals surface area contributed by atoms with Crippen molar-refractivity contribution in [2.45, 2.75) is 20.4 Å². The van der Waals surface area contributed by atoms with E-state index in [0.29, 0.717) is 32.8 Å². The van der Waals surface area contributed by atoms with Crippen molar-refractivity contribution in [3.05, 3.63) is 62.5 Å². The molecule has 0 saturated carbocycles. The molecule has 0 spiro atoms. The van der Waals surface area contributed by atoms with Gasteiger partial charge in [-0.3, -0.25) is 14.2 Å². The first kappa shape index (κ1) is 19.9. The van der Waals surface area contributed by atoms with Gasteiger partial charge in [0, 0.05) is 12.7 Å². The van der Waals surface area contributed by atoms with Crippen LogP contribution in [0.3, 0.4) is 0 Å². The molecule has 2 aromatic heterocycles. The number of hydrogen-bond donors (Lipinski definition) is 0. The summed E-state index contributed by atoms with van der Waals surface area (Å²) in [5, 5.41) is 0.336. The third kappa shape index (κ3) is 4.02. The Bertz CT molecular complexity index is 1080. The highest BCUT2D eigenvalue weighted by atomic mass is 32.1. The molecule has 28 heavy (non-hydrogen) atoms. The molecule has 146 valence electrons. The number of benzene rings is 1. The SMILES string of the molecule is COCCOC(=O)c1sc2ncn(CC(=O)c3ccc(C)cc3)c(=O)c2c1C. The summed E-state index contributed by atoms with van der Waals surface area (Å²) in [6, 6.07) is 7.17. The number of methoxy groups -OCH3 is 1. The van der Waals surface area contributed by atoms with Crippen LogP contribution in [0.15, 0.2) is 35.4 Å². The van der Waals surface area contributed by atoms with Crippen LogP contribution in [-0.4, -0.2) is 41.6 Å². The zero-order chi connectivity index (χ0) is 20.3. The van der Waals surface area contributed by atoms with E-state index >= 15 is 0 Å². The molecular formula is C20H20N2O5S. The van der Waals surface area contributed by atoms with E-state index in [2.05, 4.69) is 4.98 Å². The Labute approximate surface area is 165 Å². The van der Waals surface area contributed by atoms with Gasteiger partial charge in [-0.2, -0.15) is 0 Å². The monoisotopic (exact) mass is 400 g/mol. The number of aromatic nitrogens is 2. The van der Waals surface area contributed by atoms with Crippen LogP contribution in [0.1, 0.15) is 31.2 Å². The van der Waals surface area contributed by atoms with E-state index in [4.69, 9.17) is 9.47 Å². The minimum absolute atomic E-state index is 0.117. The highest BCUT2D eigenvalue weighted by Crippen LogP contribution is 2.27. The van der Waals surface area contributed by atoms with Gasteiger partial charge in [-0.25, -0.2) is 9.78 Å². The van der Waals surface area contributed by atoms with Gasteiger partial charge in [0.2, 0.25) is 0 Å². The molecule has 0 aliphatic rings. The van der Waals surface area contributed by atoms with Crippen molar-refractivity contribution in [2.75, 3.05) is 20.3 Å². The van der Waals surface area contributed by atoms with Gasteiger partial charge in [0.1, 0.15) is 16.3 Å². The number of rotatable bonds is 7. The Balaban J connectivity index is 1.89. The van der Waals surface area contributed by atoms with Crippen molar-refractivity contribution in [1.29, 1.82) is 0 Å². The third-order valence-electron chi connectivity index (χ3n) is 4.31. The molecular weight excluding hydrogens is 380 g/mol. The van der Waals surface area contributed by atoms with Crippen molar-refractivity contribution in [3.8, 4) is 0 Å². The first-order valence-corrected chi connectivity index (χ1v) is 9.48. The Kier molecular flexibility index (Phi) is 6.01. The fraction of sp³-hybridized carbons (Fsp3) is 0.300. The van der Waals surface area contributed by atoms with E-state index in [-0.39, 0.29) is 24.5 Å². The van der Waals surface area contributed by atoms with Crippen LogP contribution in [0.2, 0.25) is 0 Å². The van der Waals surface area contributed by atoms with Crippen LogP contribution in [0, 0.1) is 13.8 Å². The van der Waals surface area contributed by atoms with Crippen molar-refractivity contribution in [2.24, 2.45) is 0 Å². The van der Waals surface area contributed by atoms with Gasteiger partial charge in [0.25, 0.3) is 5.56 Å². The number of Topliss-reactive ketones (excluding diaryl/α,β-unsaturated/α-hetero) is 1. The van der Waals surface area contributed by atoms with Crippen LogP contribution < -0.4 is 5.56 Å². The fourth-order valence-electron chi connectivity index (χ4n) is 2.74. The second-order valence-corrected chi connectivity index (χ2v) is 7.33. The van der Waals surface area contributed by atoms with Crippen LogP contribution in [-0.2, 0) is 16.0 Å². The Morgan fingerprint density at radius 2 is 1.86 bits per heavy atom. The molecule has 0 saturated heterocycles. The Morgan fingerprint density at radius 1 is 1.14 bits per heavy atom. The normalized spacial score (nSPS) is 11.0. The predicted octanol–water partition coefficient (Wildman–Crippen LogP) is 2.76. The maximum atomic E-state index is 12.9. The van der Waals surface area contributed by atoms with Crippen molar-refractivity contribution in [3.63, 3.8) is 0 Å². The third-order valence-corrected chi connectivity index (χ3v) is 5.49. The number of hydrogen-bond acceptors (Lipinski definition) is 7. The summed E-state index contributed by atoms with van der Waals surface area (Å²) in [4.78, 5) is 42.6. The lowest BCUT2D eigenvalue weighted by molar-refractivity contribution is 0.0393. The van der Waals surface area contributed by atoms with Crippen LogP contribution in [0.5, 0.6) is 0 Å². The number of aryl methyl sites for hydroxylation is 2. The van der Waals surface area contributed by atoms with E-state index in [1.165, 1.54) is 18.0 Å². The topological polar surface area (TPSA) is 87.5 Å². The van der Waals surface area contributed by atoms with Gasteiger partial charge in [-0.15, -0.1) is 11.3 Å². The summed E-state index contributed by atoms with van der Waals surface area (Å²) >= 11 is 1.11. The van der Waals surface area contributed by atoms with Gasteiger partial charge >= 0.3 is 5.97 Å². The second kappa shape index (κ2) is 8.45. The van der Waals surface area contributed by atoms with Gasteiger partial charge in [-0.05, 0) is 19.4 Å². The quantitative estimate of drug-likeness (QED) is 0.344. The number of ketones is 1. The van der Waals surface area contributed by atoms with Gasteiger partial charge in [0.05, 0.1) is 24.9 Å². The van der Waals surface area contributed by atoms with Crippen molar-refractivity contribution < 1.29 is 19.1 Å². The van der Waals surface area contributed by atoms with Crippen LogP contribution in [0.4, 0.5) is 0 Å². The first-order chi connectivity index (χ1) is 13.4. The van der Waals surface area contributed by atoms with Crippen LogP contribution in [0.25, 0.3) is 10.2 Å². The minimum Gasteiger partial charge on any atom is -0.459 e. The summed E-state index contributed by atoms with van der Waals surface area (Å²) in [5.74, 6) is -0.699. The second-order valence-electron chi connectivity index (χ2n) is 6.33. The Morgan fingerprint density at radius 3 is 2.54 bits per heavy atom. The molecule has 1 aromatic carbocycles. The van der Waals surface area contributed by atoms with E-state index < -0.39 is 5.97 Å². The number of nitrogens with zero attached hydrogens (tertiary/aromatic N) is 2. The molecule has 8 heteroatoms. The lowest BCUT2D eigenvalue weighted by atomic mass is 10.1. The van der Waals surface area contributed by atoms with Gasteiger partial charge in [-0.1, -0.05) is 29.8 Å². The molecule has 2 heterocycles. The molecule has 0 unspecified atom stereocenters. The molecule has 3 rings (SSSR count). The van der Waals surface area contributed by atoms with E-state index in [1.807, 2.05) is 19.1 Å². The molecule has 0 aliphatic carbocycles. The summed E-state index contributed by atoms with van der Waals surface area (Å²) in [6.07, 6.45) is 1.34. The van der Waals surface area contributed by atoms with E-state index in [1.54, 1.807) is 19.1 Å². The number of ether oxygens (including phenoxy) is 2. The number of esters is 1. The van der Waals surface area contributed by atoms with Crippen LogP contribution >= 0.6 is 11.3 Å². The van der Waals surface area contributed by atoms with E-state index in [9.17, 15) is 14.4 Å². The zero-order valence-corrected chi connectivity index (χ0v) is 16.7. The van der Waals surface area contributed by atoms with Gasteiger partial charge in [0.15, 0.2) is 5.78 Å². The average molecular weight is 400 g/mol. The molecule has 0 N–H and O–H groups in total. The summed E-state index contributed by atoms with van der Waals surface area (Å²) < 4.78 is 11.3. The largest absolute Gasteiger partial charge is 0.459 e. The molecule has 3 aromatic rings. The lowest BCUT2D eigenvalue weighted by Crippen LogP contribution is -2.24. The molecule has 0 bridgehead atoms. The fourth-order valence-corrected chi connectivity index (χ4v) is 3.77. The summed E-state index contributed by atoms with van der Waals surface area (Å²) in [5.41, 5.74) is 1.74. The number of carbonyl (C=O) groups excluding carboxylic acids is 2. The van der Waals surface area contributed by atoms with Crippen molar-refractivity contribution in [1.82, 2.24) is 9.55 Å². The van der Waals surface area contributed by atoms with Gasteiger partial charge < -0.3 is 9.47 Å². The highest BCUT2D eigenvalue weighted by molar-refractivity contribution is 7.20. The average Bonchev–Trinajstić information content (AvgIpc) is 3.02. The molecule has 0 atom stereocenters. The number of thiophene rings is 1. The molecule has 0 aliphatic heterocycles. The molecule has 0 radical (unpaired) electrons. The van der Waals surface area contributed by atoms with Crippen molar-refractivity contribution >= 4 is 33.3 Å². The maximum Gasteiger partial charge on any atom is 0.348 e. The number of fused-ring (bicyclic) bond motifs is 1. The summed E-state index contributed by atoms with van der Waals surface area (Å²) in [6.45, 7) is 3.93. The highest BCUT2D eigenvalue weighted by Gasteiger charge is 2.21. The zero-order valence-electron chi connectivity index (χ0n) is 15.9. The minimum atomic E-state index is -0.515. The predicted molar refractivity (Wildman–Crippen MR) is 106 cm³/mol. The van der Waals surface area contributed by atoms with E-state index in [0.717, 1.165) is 16.9 Å². The summed E-state index contributed by atoms with van der Waals surface area (Å²) in [7, 11) is 1.52. The maximum absolute atomic E-state index is 12.9. The lowest BCUT2D eigenvalue weighted by Gasteiger charge is -2.05. The Hall–Kier alpha value is -2.84.